The van der Waals surface area contributed by atoms with Gasteiger partial charge in [-0.05, 0) is 12.1 Å². The Hall–Kier alpha value is -1.99. The molecule has 15 heavy (non-hydrogen) atoms. The highest BCUT2D eigenvalue weighted by molar-refractivity contribution is 7.16. The second kappa shape index (κ2) is 4.03. The quantitative estimate of drug-likeness (QED) is 0.722. The molecular weight excluding hydrogens is 208 g/mol. The lowest BCUT2D eigenvalue weighted by Gasteiger charge is -1.95. The molecule has 0 N–H and O–H groups in total. The molecule has 0 saturated carbocycles. The van der Waals surface area contributed by atoms with Crippen molar-refractivity contribution < 1.29 is 4.79 Å². The van der Waals surface area contributed by atoms with Gasteiger partial charge in [0.2, 0.25) is 0 Å². The Morgan fingerprint density at radius 1 is 1.47 bits per heavy atom. The van der Waals surface area contributed by atoms with E-state index in [0.29, 0.717) is 10.4 Å². The Bertz CT molecular complexity index is 540. The van der Waals surface area contributed by atoms with Crippen molar-refractivity contribution >= 4 is 17.6 Å². The van der Waals surface area contributed by atoms with Crippen molar-refractivity contribution in [1.82, 2.24) is 4.98 Å². The fraction of sp³-hybridized carbons (Fsp3) is 0. The van der Waals surface area contributed by atoms with E-state index in [9.17, 15) is 4.79 Å². The summed E-state index contributed by atoms with van der Waals surface area (Å²) in [6.45, 7) is 0. The Labute approximate surface area is 90.6 Å². The fourth-order valence-corrected chi connectivity index (χ4v) is 1.92. The third kappa shape index (κ3) is 1.92. The first-order valence-corrected chi connectivity index (χ1v) is 5.06. The van der Waals surface area contributed by atoms with Crippen molar-refractivity contribution in [2.75, 3.05) is 0 Å². The minimum Gasteiger partial charge on any atom is -0.297 e. The second-order valence-corrected chi connectivity index (χ2v) is 3.94. The Morgan fingerprint density at radius 2 is 2.33 bits per heavy atom. The topological polar surface area (TPSA) is 53.8 Å². The summed E-state index contributed by atoms with van der Waals surface area (Å²) in [4.78, 5) is 15.2. The van der Waals surface area contributed by atoms with Crippen LogP contribution in [0.4, 0.5) is 0 Å². The molecule has 2 rings (SSSR count). The van der Waals surface area contributed by atoms with Crippen molar-refractivity contribution in [2.24, 2.45) is 0 Å². The van der Waals surface area contributed by atoms with Gasteiger partial charge in [0.15, 0.2) is 6.29 Å². The van der Waals surface area contributed by atoms with Crippen LogP contribution in [0.3, 0.4) is 0 Å². The molecule has 72 valence electrons. The number of aldehydes is 1. The minimum atomic E-state index is 0.590. The first-order chi connectivity index (χ1) is 7.33. The van der Waals surface area contributed by atoms with E-state index in [1.54, 1.807) is 18.2 Å². The van der Waals surface area contributed by atoms with Crippen LogP contribution in [-0.2, 0) is 0 Å². The molecule has 0 unspecified atom stereocenters. The average molecular weight is 214 g/mol. The minimum absolute atomic E-state index is 0.590. The molecular formula is C11H6N2OS. The lowest BCUT2D eigenvalue weighted by Crippen LogP contribution is -1.77. The Kier molecular flexibility index (Phi) is 2.57. The van der Waals surface area contributed by atoms with Gasteiger partial charge >= 0.3 is 0 Å². The molecule has 0 radical (unpaired) electrons. The number of aromatic nitrogens is 1. The lowest BCUT2D eigenvalue weighted by atomic mass is 10.1. The van der Waals surface area contributed by atoms with Crippen molar-refractivity contribution in [3.63, 3.8) is 0 Å². The number of carbonyl (C=O) groups is 1. The molecule has 0 bridgehead atoms. The number of nitrogens with zero attached hydrogens (tertiary/aromatic N) is 2. The van der Waals surface area contributed by atoms with E-state index in [1.165, 1.54) is 17.5 Å². The van der Waals surface area contributed by atoms with Crippen LogP contribution in [0.25, 0.3) is 10.6 Å². The summed E-state index contributed by atoms with van der Waals surface area (Å²) in [7, 11) is 0. The average Bonchev–Trinajstić information content (AvgIpc) is 2.78. The summed E-state index contributed by atoms with van der Waals surface area (Å²) >= 11 is 1.32. The normalized spacial score (nSPS) is 9.53. The van der Waals surface area contributed by atoms with Gasteiger partial charge in [-0.25, -0.2) is 4.98 Å². The van der Waals surface area contributed by atoms with E-state index >= 15 is 0 Å². The van der Waals surface area contributed by atoms with Gasteiger partial charge in [-0.1, -0.05) is 12.1 Å². The number of thiazole rings is 1. The maximum absolute atomic E-state index is 10.5. The number of carbonyl (C=O) groups excluding carboxylic acids is 1. The van der Waals surface area contributed by atoms with Crippen LogP contribution in [0.5, 0.6) is 0 Å². The van der Waals surface area contributed by atoms with Gasteiger partial charge in [0, 0.05) is 11.8 Å². The predicted octanol–water partition coefficient (Wildman–Crippen LogP) is 2.49. The summed E-state index contributed by atoms with van der Waals surface area (Å²) in [5.41, 5.74) is 1.46. The molecule has 3 nitrogen and oxygen atoms in total. The van der Waals surface area contributed by atoms with Crippen LogP contribution in [0.2, 0.25) is 0 Å². The molecule has 0 aliphatic carbocycles. The SMILES string of the molecule is N#Cc1cccc(-c2ncc(C=O)s2)c1. The highest BCUT2D eigenvalue weighted by Gasteiger charge is 2.04. The van der Waals surface area contributed by atoms with E-state index < -0.39 is 0 Å². The zero-order chi connectivity index (χ0) is 10.7. The maximum atomic E-state index is 10.5. The fourth-order valence-electron chi connectivity index (χ4n) is 1.20. The van der Waals surface area contributed by atoms with Crippen LogP contribution in [0, 0.1) is 11.3 Å². The molecule has 0 atom stereocenters. The van der Waals surface area contributed by atoms with Gasteiger partial charge in [0.25, 0.3) is 0 Å². The molecule has 0 aliphatic heterocycles. The van der Waals surface area contributed by atoms with Gasteiger partial charge in [-0.15, -0.1) is 11.3 Å². The summed E-state index contributed by atoms with van der Waals surface area (Å²) in [6.07, 6.45) is 2.31. The predicted molar refractivity (Wildman–Crippen MR) is 57.7 cm³/mol. The molecule has 2 aromatic rings. The summed E-state index contributed by atoms with van der Waals surface area (Å²) in [5, 5.41) is 9.50. The van der Waals surface area contributed by atoms with Gasteiger partial charge in [0.05, 0.1) is 16.5 Å². The van der Waals surface area contributed by atoms with E-state index in [-0.39, 0.29) is 0 Å². The van der Waals surface area contributed by atoms with E-state index in [0.717, 1.165) is 16.9 Å². The highest BCUT2D eigenvalue weighted by atomic mass is 32.1. The van der Waals surface area contributed by atoms with Gasteiger partial charge < -0.3 is 0 Å². The van der Waals surface area contributed by atoms with Crippen molar-refractivity contribution in [1.29, 1.82) is 5.26 Å². The molecule has 0 spiro atoms. The number of hydrogen-bond acceptors (Lipinski definition) is 4. The molecule has 1 aromatic heterocycles. The first kappa shape index (κ1) is 9.56. The molecule has 0 saturated heterocycles. The third-order valence-electron chi connectivity index (χ3n) is 1.88. The summed E-state index contributed by atoms with van der Waals surface area (Å²) in [5.74, 6) is 0. The van der Waals surface area contributed by atoms with Crippen LogP contribution < -0.4 is 0 Å². The molecule has 1 heterocycles. The Morgan fingerprint density at radius 3 is 3.00 bits per heavy atom. The van der Waals surface area contributed by atoms with Crippen molar-refractivity contribution in [3.05, 3.63) is 40.9 Å². The molecule has 0 fully saturated rings. The van der Waals surface area contributed by atoms with Crippen molar-refractivity contribution in [3.8, 4) is 16.6 Å². The van der Waals surface area contributed by atoms with Crippen LogP contribution in [-0.4, -0.2) is 11.3 Å². The standard InChI is InChI=1S/C11H6N2OS/c12-5-8-2-1-3-9(4-8)11-13-6-10(7-14)15-11/h1-4,6-7H. The summed E-state index contributed by atoms with van der Waals surface area (Å²) in [6, 6.07) is 9.23. The largest absolute Gasteiger partial charge is 0.297 e. The lowest BCUT2D eigenvalue weighted by molar-refractivity contribution is 0.112. The van der Waals surface area contributed by atoms with Crippen molar-refractivity contribution in [2.45, 2.75) is 0 Å². The molecule has 0 aliphatic rings. The molecule has 1 aromatic carbocycles. The van der Waals surface area contributed by atoms with Gasteiger partial charge in [0.1, 0.15) is 5.01 Å². The van der Waals surface area contributed by atoms with E-state index in [4.69, 9.17) is 5.26 Å². The van der Waals surface area contributed by atoms with E-state index in [1.807, 2.05) is 6.07 Å². The monoisotopic (exact) mass is 214 g/mol. The number of benzene rings is 1. The molecule has 0 amide bonds. The smallest absolute Gasteiger partial charge is 0.161 e. The number of rotatable bonds is 2. The zero-order valence-electron chi connectivity index (χ0n) is 7.68. The summed E-state index contributed by atoms with van der Waals surface area (Å²) < 4.78 is 0. The second-order valence-electron chi connectivity index (χ2n) is 2.88. The van der Waals surface area contributed by atoms with E-state index in [2.05, 4.69) is 11.1 Å². The maximum Gasteiger partial charge on any atom is 0.161 e. The van der Waals surface area contributed by atoms with Crippen LogP contribution in [0.15, 0.2) is 30.5 Å². The zero-order valence-corrected chi connectivity index (χ0v) is 8.49. The van der Waals surface area contributed by atoms with Gasteiger partial charge in [-0.3, -0.25) is 4.79 Å². The van der Waals surface area contributed by atoms with Crippen LogP contribution in [0.1, 0.15) is 15.2 Å². The third-order valence-corrected chi connectivity index (χ3v) is 2.85. The Balaban J connectivity index is 2.45. The highest BCUT2D eigenvalue weighted by Crippen LogP contribution is 2.24. The number of hydrogen-bond donors (Lipinski definition) is 0. The first-order valence-electron chi connectivity index (χ1n) is 4.25. The van der Waals surface area contributed by atoms with Gasteiger partial charge in [-0.2, -0.15) is 5.26 Å². The molecule has 4 heteroatoms. The van der Waals surface area contributed by atoms with Crippen LogP contribution >= 0.6 is 11.3 Å². The number of nitriles is 1.